The number of aromatic amines is 1. The molecule has 4 aromatic rings. The Hall–Kier alpha value is -4.23. The number of carbonyl (C=O) groups is 2. The number of carbonyl (C=O) groups excluding carboxylic acids is 2. The number of H-pyrrole nitrogens is 1. The number of nitrogens with zero attached hydrogens (tertiary/aromatic N) is 1. The van der Waals surface area contributed by atoms with Gasteiger partial charge in [-0.2, -0.15) is 5.10 Å². The van der Waals surface area contributed by atoms with Crippen LogP contribution in [-0.4, -0.2) is 47.2 Å². The summed E-state index contributed by atoms with van der Waals surface area (Å²) >= 11 is 0. The van der Waals surface area contributed by atoms with Crippen LogP contribution in [0.4, 0.5) is 0 Å². The van der Waals surface area contributed by atoms with Crippen molar-refractivity contribution in [2.45, 2.75) is 31.3 Å². The molecule has 0 unspecified atom stereocenters. The molecule has 3 aromatic carbocycles. The van der Waals surface area contributed by atoms with E-state index < -0.39 is 6.04 Å². The van der Waals surface area contributed by atoms with Gasteiger partial charge in [0.15, 0.2) is 0 Å². The van der Waals surface area contributed by atoms with Crippen molar-refractivity contribution in [3.05, 3.63) is 102 Å². The van der Waals surface area contributed by atoms with Crippen LogP contribution in [0, 0.1) is 0 Å². The fraction of sp³-hybridized carbons (Fsp3) is 0.233. The highest BCUT2D eigenvalue weighted by atomic mass is 16.2. The van der Waals surface area contributed by atoms with Crippen molar-refractivity contribution in [3.8, 4) is 22.5 Å². The first-order valence-electron chi connectivity index (χ1n) is 12.7. The molecule has 37 heavy (non-hydrogen) atoms. The second kappa shape index (κ2) is 11.7. The maximum Gasteiger partial charge on any atom is 0.252 e. The van der Waals surface area contributed by atoms with Crippen LogP contribution < -0.4 is 16.0 Å². The molecule has 1 atom stereocenters. The lowest BCUT2D eigenvalue weighted by Crippen LogP contribution is -2.52. The van der Waals surface area contributed by atoms with Crippen LogP contribution >= 0.6 is 0 Å². The van der Waals surface area contributed by atoms with Gasteiger partial charge in [0.1, 0.15) is 6.04 Å². The molecule has 7 heteroatoms. The maximum absolute atomic E-state index is 13.6. The third kappa shape index (κ3) is 6.13. The third-order valence-corrected chi connectivity index (χ3v) is 6.70. The molecule has 0 bridgehead atoms. The van der Waals surface area contributed by atoms with Gasteiger partial charge in [0.05, 0.1) is 11.4 Å². The number of rotatable bonds is 8. The minimum absolute atomic E-state index is 0.108. The topological polar surface area (TPSA) is 98.9 Å². The van der Waals surface area contributed by atoms with Crippen LogP contribution in [0.25, 0.3) is 22.5 Å². The molecule has 0 spiro atoms. The Morgan fingerprint density at radius 1 is 0.892 bits per heavy atom. The molecule has 0 saturated carbocycles. The van der Waals surface area contributed by atoms with Gasteiger partial charge in [-0.25, -0.2) is 0 Å². The van der Waals surface area contributed by atoms with E-state index in [0.29, 0.717) is 23.2 Å². The molecule has 2 amide bonds. The Kier molecular flexibility index (Phi) is 7.72. The van der Waals surface area contributed by atoms with E-state index in [1.165, 1.54) is 0 Å². The molecule has 188 valence electrons. The number of nitrogens with one attached hydrogen (secondary N) is 4. The quantitative estimate of drug-likeness (QED) is 0.299. The van der Waals surface area contributed by atoms with E-state index in [0.717, 1.165) is 42.8 Å². The summed E-state index contributed by atoms with van der Waals surface area (Å²) in [5.41, 5.74) is 4.72. The van der Waals surface area contributed by atoms with E-state index in [1.807, 2.05) is 84.9 Å². The maximum atomic E-state index is 13.6. The van der Waals surface area contributed by atoms with Gasteiger partial charge in [-0.3, -0.25) is 14.7 Å². The predicted octanol–water partition coefficient (Wildman–Crippen LogP) is 3.95. The number of amides is 2. The minimum Gasteiger partial charge on any atom is -0.351 e. The molecule has 1 fully saturated rings. The largest absolute Gasteiger partial charge is 0.351 e. The standard InChI is InChI=1S/C30H31N5O2/c36-29(25-14-8-7-13-24(25)27-20-26(34-35-27)22-11-5-2-6-12-22)33-28(19-21-9-3-1-4-10-21)30(37)32-23-15-17-31-18-16-23/h1-14,20,23,28,31H,15-19H2,(H,32,37)(H,33,36)(H,34,35)/t28-/m0/s1. The van der Waals surface area contributed by atoms with Crippen molar-refractivity contribution in [3.63, 3.8) is 0 Å². The molecule has 1 aliphatic heterocycles. The second-order valence-corrected chi connectivity index (χ2v) is 9.33. The highest BCUT2D eigenvalue weighted by molar-refractivity contribution is 6.02. The molecule has 0 radical (unpaired) electrons. The molecule has 1 saturated heterocycles. The summed E-state index contributed by atoms with van der Waals surface area (Å²) in [6, 6.07) is 28.4. The van der Waals surface area contributed by atoms with Crippen molar-refractivity contribution < 1.29 is 9.59 Å². The first-order valence-corrected chi connectivity index (χ1v) is 12.7. The second-order valence-electron chi connectivity index (χ2n) is 9.33. The van der Waals surface area contributed by atoms with Crippen LogP contribution in [0.1, 0.15) is 28.8 Å². The molecule has 7 nitrogen and oxygen atoms in total. The zero-order valence-corrected chi connectivity index (χ0v) is 20.6. The fourth-order valence-corrected chi connectivity index (χ4v) is 4.69. The van der Waals surface area contributed by atoms with Crippen LogP contribution in [0.5, 0.6) is 0 Å². The van der Waals surface area contributed by atoms with E-state index in [1.54, 1.807) is 6.07 Å². The van der Waals surface area contributed by atoms with Crippen LogP contribution in [-0.2, 0) is 11.2 Å². The van der Waals surface area contributed by atoms with E-state index in [4.69, 9.17) is 0 Å². The lowest BCUT2D eigenvalue weighted by Gasteiger charge is -2.27. The van der Waals surface area contributed by atoms with Gasteiger partial charge in [0.2, 0.25) is 5.91 Å². The van der Waals surface area contributed by atoms with Crippen LogP contribution in [0.15, 0.2) is 91.0 Å². The predicted molar refractivity (Wildman–Crippen MR) is 145 cm³/mol. The SMILES string of the molecule is O=C(N[C@@H](Cc1ccccc1)C(=O)NC1CCNCC1)c1ccccc1-c1cc(-c2ccccc2)[nH]n1. The highest BCUT2D eigenvalue weighted by Gasteiger charge is 2.26. The van der Waals surface area contributed by atoms with Crippen molar-refractivity contribution in [1.82, 2.24) is 26.1 Å². The molecule has 4 N–H and O–H groups in total. The van der Waals surface area contributed by atoms with E-state index in [-0.39, 0.29) is 17.9 Å². The van der Waals surface area contributed by atoms with Gasteiger partial charge in [-0.05, 0) is 49.2 Å². The normalized spacial score (nSPS) is 14.6. The number of piperidine rings is 1. The van der Waals surface area contributed by atoms with Crippen molar-refractivity contribution in [1.29, 1.82) is 0 Å². The third-order valence-electron chi connectivity index (χ3n) is 6.70. The Morgan fingerprint density at radius 3 is 2.32 bits per heavy atom. The lowest BCUT2D eigenvalue weighted by molar-refractivity contribution is -0.123. The Labute approximate surface area is 216 Å². The number of hydrogen-bond donors (Lipinski definition) is 4. The summed E-state index contributed by atoms with van der Waals surface area (Å²) < 4.78 is 0. The summed E-state index contributed by atoms with van der Waals surface area (Å²) in [4.78, 5) is 26.9. The molecular weight excluding hydrogens is 462 g/mol. The summed E-state index contributed by atoms with van der Waals surface area (Å²) in [6.07, 6.45) is 2.17. The summed E-state index contributed by atoms with van der Waals surface area (Å²) in [5, 5.41) is 17.0. The zero-order chi connectivity index (χ0) is 25.5. The van der Waals surface area contributed by atoms with Crippen molar-refractivity contribution in [2.24, 2.45) is 0 Å². The minimum atomic E-state index is -0.697. The summed E-state index contributed by atoms with van der Waals surface area (Å²) in [7, 11) is 0. The Morgan fingerprint density at radius 2 is 1.57 bits per heavy atom. The van der Waals surface area contributed by atoms with Gasteiger partial charge >= 0.3 is 0 Å². The first-order chi connectivity index (χ1) is 18.2. The smallest absolute Gasteiger partial charge is 0.252 e. The monoisotopic (exact) mass is 493 g/mol. The average molecular weight is 494 g/mol. The zero-order valence-electron chi connectivity index (χ0n) is 20.6. The lowest BCUT2D eigenvalue weighted by atomic mass is 10.0. The first kappa shape index (κ1) is 24.5. The molecule has 5 rings (SSSR count). The molecule has 1 aliphatic rings. The van der Waals surface area contributed by atoms with Gasteiger partial charge in [-0.15, -0.1) is 0 Å². The van der Waals surface area contributed by atoms with Gasteiger partial charge < -0.3 is 16.0 Å². The molecule has 2 heterocycles. The number of benzene rings is 3. The number of aromatic nitrogens is 2. The van der Waals surface area contributed by atoms with Gasteiger partial charge in [0, 0.05) is 23.6 Å². The van der Waals surface area contributed by atoms with E-state index in [9.17, 15) is 9.59 Å². The van der Waals surface area contributed by atoms with Gasteiger partial charge in [0.25, 0.3) is 5.91 Å². The van der Waals surface area contributed by atoms with Crippen molar-refractivity contribution >= 4 is 11.8 Å². The summed E-state index contributed by atoms with van der Waals surface area (Å²) in [5.74, 6) is -0.464. The van der Waals surface area contributed by atoms with E-state index >= 15 is 0 Å². The van der Waals surface area contributed by atoms with E-state index in [2.05, 4.69) is 26.1 Å². The molecular formula is C30H31N5O2. The molecule has 1 aromatic heterocycles. The highest BCUT2D eigenvalue weighted by Crippen LogP contribution is 2.26. The van der Waals surface area contributed by atoms with Crippen LogP contribution in [0.2, 0.25) is 0 Å². The fourth-order valence-electron chi connectivity index (χ4n) is 4.69. The van der Waals surface area contributed by atoms with Crippen LogP contribution in [0.3, 0.4) is 0 Å². The van der Waals surface area contributed by atoms with Crippen molar-refractivity contribution in [2.75, 3.05) is 13.1 Å². The number of hydrogen-bond acceptors (Lipinski definition) is 4. The Bertz CT molecular complexity index is 1330. The van der Waals surface area contributed by atoms with Gasteiger partial charge in [-0.1, -0.05) is 78.9 Å². The molecule has 0 aliphatic carbocycles. The summed E-state index contributed by atoms with van der Waals surface area (Å²) in [6.45, 7) is 1.76. The Balaban J connectivity index is 1.37. The average Bonchev–Trinajstić information content (AvgIpc) is 3.45.